The Morgan fingerprint density at radius 3 is 2.69 bits per heavy atom. The number of carbonyl (C=O) groups excluding carboxylic acids is 2. The standard InChI is InChI=1S/C24H26O2/c1-24-11-5-8-20(24)23-21(26)13-16-12-17(25)9-10-18(16)22(23)19(14-24)15-6-3-2-4-7-15/h2-4,6-7,12,19-20,23H,5,8-11,13-14H2,1H3/t19-,20+,23-,24+/m1/s1. The minimum Gasteiger partial charge on any atom is -0.299 e. The second kappa shape index (κ2) is 5.77. The molecule has 0 aromatic heterocycles. The smallest absolute Gasteiger partial charge is 0.156 e. The predicted molar refractivity (Wildman–Crippen MR) is 102 cm³/mol. The molecule has 134 valence electrons. The van der Waals surface area contributed by atoms with Gasteiger partial charge in [-0.15, -0.1) is 0 Å². The molecule has 1 aromatic carbocycles. The summed E-state index contributed by atoms with van der Waals surface area (Å²) in [6.07, 6.45) is 8.50. The SMILES string of the molecule is C[C@@]12CCC[C@H]1[C@@H]1C(=O)CC3=CC(=O)CCC3=C1[C@@H](c1ccccc1)C2. The van der Waals surface area contributed by atoms with Gasteiger partial charge in [0.05, 0.1) is 0 Å². The zero-order valence-electron chi connectivity index (χ0n) is 15.5. The van der Waals surface area contributed by atoms with E-state index in [1.54, 1.807) is 6.08 Å². The lowest BCUT2D eigenvalue weighted by atomic mass is 9.53. The molecule has 0 unspecified atom stereocenters. The number of benzene rings is 1. The van der Waals surface area contributed by atoms with Gasteiger partial charge in [-0.3, -0.25) is 9.59 Å². The molecule has 2 nitrogen and oxygen atoms in total. The van der Waals surface area contributed by atoms with Gasteiger partial charge in [0, 0.05) is 24.7 Å². The van der Waals surface area contributed by atoms with Crippen LogP contribution in [0.1, 0.15) is 63.4 Å². The molecular formula is C24H26O2. The molecule has 0 heterocycles. The van der Waals surface area contributed by atoms with Crippen molar-refractivity contribution in [3.8, 4) is 0 Å². The molecule has 0 aliphatic heterocycles. The van der Waals surface area contributed by atoms with Gasteiger partial charge >= 0.3 is 0 Å². The third kappa shape index (κ3) is 2.31. The van der Waals surface area contributed by atoms with Crippen LogP contribution in [0.3, 0.4) is 0 Å². The van der Waals surface area contributed by atoms with Crippen molar-refractivity contribution in [1.29, 1.82) is 0 Å². The zero-order chi connectivity index (χ0) is 17.9. The molecule has 2 fully saturated rings. The summed E-state index contributed by atoms with van der Waals surface area (Å²) in [6, 6.07) is 10.8. The van der Waals surface area contributed by atoms with Crippen LogP contribution in [0.2, 0.25) is 0 Å². The number of ketones is 2. The molecule has 0 radical (unpaired) electrons. The second-order valence-corrected chi connectivity index (χ2v) is 9.01. The maximum absolute atomic E-state index is 13.3. The van der Waals surface area contributed by atoms with Gasteiger partial charge in [0.25, 0.3) is 0 Å². The topological polar surface area (TPSA) is 34.1 Å². The summed E-state index contributed by atoms with van der Waals surface area (Å²) in [5, 5.41) is 0. The second-order valence-electron chi connectivity index (χ2n) is 9.01. The lowest BCUT2D eigenvalue weighted by Crippen LogP contribution is -2.44. The van der Waals surface area contributed by atoms with Gasteiger partial charge < -0.3 is 0 Å². The number of rotatable bonds is 1. The summed E-state index contributed by atoms with van der Waals surface area (Å²) in [7, 11) is 0. The summed E-state index contributed by atoms with van der Waals surface area (Å²) in [4.78, 5) is 25.2. The molecule has 4 atom stereocenters. The van der Waals surface area contributed by atoms with Gasteiger partial charge in [0.1, 0.15) is 5.78 Å². The molecule has 0 amide bonds. The first-order chi connectivity index (χ1) is 12.6. The highest BCUT2D eigenvalue weighted by atomic mass is 16.1. The van der Waals surface area contributed by atoms with Gasteiger partial charge in [-0.2, -0.15) is 0 Å². The van der Waals surface area contributed by atoms with Crippen molar-refractivity contribution >= 4 is 11.6 Å². The van der Waals surface area contributed by atoms with E-state index in [1.165, 1.54) is 36.0 Å². The fourth-order valence-electron chi connectivity index (χ4n) is 6.42. The van der Waals surface area contributed by atoms with Gasteiger partial charge in [0.15, 0.2) is 5.78 Å². The Labute approximate surface area is 155 Å². The third-order valence-electron chi connectivity index (χ3n) is 7.55. The van der Waals surface area contributed by atoms with Crippen molar-refractivity contribution in [1.82, 2.24) is 0 Å². The van der Waals surface area contributed by atoms with Crippen LogP contribution in [0.5, 0.6) is 0 Å². The summed E-state index contributed by atoms with van der Waals surface area (Å²) in [6.45, 7) is 2.42. The van der Waals surface area contributed by atoms with E-state index in [4.69, 9.17) is 0 Å². The van der Waals surface area contributed by atoms with E-state index in [1.807, 2.05) is 0 Å². The van der Waals surface area contributed by atoms with Crippen molar-refractivity contribution in [2.24, 2.45) is 17.3 Å². The van der Waals surface area contributed by atoms with Crippen LogP contribution in [-0.2, 0) is 9.59 Å². The Morgan fingerprint density at radius 2 is 1.88 bits per heavy atom. The fourth-order valence-corrected chi connectivity index (χ4v) is 6.42. The number of allylic oxidation sites excluding steroid dienone is 4. The summed E-state index contributed by atoms with van der Waals surface area (Å²) in [5.41, 5.74) is 5.39. The Kier molecular flexibility index (Phi) is 3.60. The van der Waals surface area contributed by atoms with E-state index in [9.17, 15) is 9.59 Å². The largest absolute Gasteiger partial charge is 0.299 e. The Morgan fingerprint density at radius 1 is 1.08 bits per heavy atom. The van der Waals surface area contributed by atoms with Crippen LogP contribution in [0.25, 0.3) is 0 Å². The highest BCUT2D eigenvalue weighted by Crippen LogP contribution is 2.62. The zero-order valence-corrected chi connectivity index (χ0v) is 15.5. The van der Waals surface area contributed by atoms with Crippen molar-refractivity contribution in [3.05, 3.63) is 58.7 Å². The molecule has 4 aliphatic carbocycles. The minimum atomic E-state index is 0.0850. The van der Waals surface area contributed by atoms with E-state index in [0.29, 0.717) is 30.5 Å². The normalized spacial score (nSPS) is 36.3. The average molecular weight is 346 g/mol. The summed E-state index contributed by atoms with van der Waals surface area (Å²) in [5.74, 6) is 1.46. The van der Waals surface area contributed by atoms with Crippen molar-refractivity contribution in [3.63, 3.8) is 0 Å². The van der Waals surface area contributed by atoms with Crippen LogP contribution in [0.4, 0.5) is 0 Å². The Balaban J connectivity index is 1.73. The molecule has 4 aliphatic rings. The minimum absolute atomic E-state index is 0.0850. The van der Waals surface area contributed by atoms with Crippen LogP contribution >= 0.6 is 0 Å². The molecule has 0 N–H and O–H groups in total. The van der Waals surface area contributed by atoms with Crippen molar-refractivity contribution < 1.29 is 9.59 Å². The number of carbonyl (C=O) groups is 2. The van der Waals surface area contributed by atoms with Crippen LogP contribution < -0.4 is 0 Å². The van der Waals surface area contributed by atoms with E-state index < -0.39 is 0 Å². The van der Waals surface area contributed by atoms with Crippen molar-refractivity contribution in [2.45, 2.75) is 57.8 Å². The first-order valence-electron chi connectivity index (χ1n) is 10.1. The third-order valence-corrected chi connectivity index (χ3v) is 7.55. The van der Waals surface area contributed by atoms with E-state index >= 15 is 0 Å². The van der Waals surface area contributed by atoms with Crippen LogP contribution in [0.15, 0.2) is 53.1 Å². The maximum atomic E-state index is 13.3. The molecule has 0 saturated heterocycles. The van der Waals surface area contributed by atoms with Crippen LogP contribution in [-0.4, -0.2) is 11.6 Å². The maximum Gasteiger partial charge on any atom is 0.156 e. The molecule has 26 heavy (non-hydrogen) atoms. The first-order valence-corrected chi connectivity index (χ1v) is 10.1. The predicted octanol–water partition coefficient (Wildman–Crippen LogP) is 5.16. The molecule has 1 aromatic rings. The average Bonchev–Trinajstić information content (AvgIpc) is 3.02. The molecule has 0 bridgehead atoms. The molecule has 5 rings (SSSR count). The fraction of sp³-hybridized carbons (Fsp3) is 0.500. The molecule has 2 saturated carbocycles. The van der Waals surface area contributed by atoms with Gasteiger partial charge in [0.2, 0.25) is 0 Å². The first kappa shape index (κ1) is 16.2. The van der Waals surface area contributed by atoms with E-state index in [2.05, 4.69) is 37.3 Å². The van der Waals surface area contributed by atoms with E-state index in [0.717, 1.165) is 18.4 Å². The number of hydrogen-bond donors (Lipinski definition) is 0. The number of fused-ring (bicyclic) bond motifs is 4. The number of hydrogen-bond acceptors (Lipinski definition) is 2. The lowest BCUT2D eigenvalue weighted by Gasteiger charge is -2.50. The monoisotopic (exact) mass is 346 g/mol. The Hall–Kier alpha value is -1.96. The quantitative estimate of drug-likeness (QED) is 0.704. The highest BCUT2D eigenvalue weighted by molar-refractivity contribution is 5.98. The van der Waals surface area contributed by atoms with Crippen LogP contribution in [0, 0.1) is 17.3 Å². The lowest BCUT2D eigenvalue weighted by molar-refractivity contribution is -0.125. The van der Waals surface area contributed by atoms with Gasteiger partial charge in [-0.1, -0.05) is 43.7 Å². The summed E-state index contributed by atoms with van der Waals surface area (Å²) < 4.78 is 0. The van der Waals surface area contributed by atoms with E-state index in [-0.39, 0.29) is 17.1 Å². The van der Waals surface area contributed by atoms with Crippen molar-refractivity contribution in [2.75, 3.05) is 0 Å². The molecular weight excluding hydrogens is 320 g/mol. The number of Topliss-reactive ketones (excluding diaryl/α,β-unsaturated/α-hetero) is 1. The molecule has 0 spiro atoms. The van der Waals surface area contributed by atoms with Gasteiger partial charge in [-0.05, 0) is 65.4 Å². The highest BCUT2D eigenvalue weighted by Gasteiger charge is 2.54. The molecule has 2 heteroatoms. The van der Waals surface area contributed by atoms with Gasteiger partial charge in [-0.25, -0.2) is 0 Å². The Bertz CT molecular complexity index is 844. The summed E-state index contributed by atoms with van der Waals surface area (Å²) >= 11 is 0.